The molecule has 0 aliphatic carbocycles. The topological polar surface area (TPSA) is 75.6 Å². The lowest BCUT2D eigenvalue weighted by atomic mass is 10.2. The zero-order valence-corrected chi connectivity index (χ0v) is 14.7. The van der Waals surface area contributed by atoms with E-state index >= 15 is 0 Å². The van der Waals surface area contributed by atoms with Crippen LogP contribution in [0.25, 0.3) is 11.0 Å². The number of fused-ring (bicyclic) bond motifs is 1. The Kier molecular flexibility index (Phi) is 4.57. The van der Waals surface area contributed by atoms with Crippen molar-refractivity contribution in [2.75, 3.05) is 26.2 Å². The van der Waals surface area contributed by atoms with Crippen molar-refractivity contribution in [1.82, 2.24) is 19.8 Å². The van der Waals surface area contributed by atoms with Crippen molar-refractivity contribution in [3.63, 3.8) is 0 Å². The number of piperazine rings is 1. The van der Waals surface area contributed by atoms with Crippen molar-refractivity contribution >= 4 is 23.0 Å². The molecule has 0 unspecified atom stereocenters. The molecule has 3 rings (SSSR count). The smallest absolute Gasteiger partial charge is 0.410 e. The molecular formula is C18H22N4O3. The summed E-state index contributed by atoms with van der Waals surface area (Å²) in [5.41, 5.74) is 1.25. The Morgan fingerprint density at radius 3 is 2.24 bits per heavy atom. The lowest BCUT2D eigenvalue weighted by Gasteiger charge is -2.35. The van der Waals surface area contributed by atoms with Gasteiger partial charge in [-0.25, -0.2) is 9.78 Å². The molecule has 25 heavy (non-hydrogen) atoms. The Morgan fingerprint density at radius 1 is 1.00 bits per heavy atom. The number of nitrogens with zero attached hydrogens (tertiary/aromatic N) is 4. The molecule has 1 fully saturated rings. The summed E-state index contributed by atoms with van der Waals surface area (Å²) in [6.45, 7) is 7.30. The standard InChI is InChI=1S/C18H22N4O3/c1-18(2,3)25-17(24)22-10-8-21(9-11-22)16(23)15-12-19-13-6-4-5-7-14(13)20-15/h4-7,12H,8-11H2,1-3H3. The maximum absolute atomic E-state index is 12.6. The summed E-state index contributed by atoms with van der Waals surface area (Å²) in [6, 6.07) is 7.44. The Hall–Kier alpha value is -2.70. The number of rotatable bonds is 1. The number of benzene rings is 1. The number of carbonyl (C=O) groups is 2. The van der Waals surface area contributed by atoms with Gasteiger partial charge in [-0.2, -0.15) is 0 Å². The summed E-state index contributed by atoms with van der Waals surface area (Å²) in [7, 11) is 0. The molecule has 1 aromatic carbocycles. The van der Waals surface area contributed by atoms with Crippen LogP contribution in [-0.4, -0.2) is 63.5 Å². The fourth-order valence-electron chi connectivity index (χ4n) is 2.64. The fourth-order valence-corrected chi connectivity index (χ4v) is 2.64. The molecule has 1 saturated heterocycles. The van der Waals surface area contributed by atoms with E-state index in [1.807, 2.05) is 45.0 Å². The average molecular weight is 342 g/mol. The Morgan fingerprint density at radius 2 is 1.60 bits per heavy atom. The zero-order chi connectivity index (χ0) is 18.0. The predicted molar refractivity (Wildman–Crippen MR) is 93.2 cm³/mol. The van der Waals surface area contributed by atoms with Gasteiger partial charge >= 0.3 is 6.09 Å². The van der Waals surface area contributed by atoms with Gasteiger partial charge in [-0.15, -0.1) is 0 Å². The van der Waals surface area contributed by atoms with Crippen LogP contribution >= 0.6 is 0 Å². The van der Waals surface area contributed by atoms with Crippen molar-refractivity contribution in [2.24, 2.45) is 0 Å². The van der Waals surface area contributed by atoms with Crippen LogP contribution < -0.4 is 0 Å². The monoisotopic (exact) mass is 342 g/mol. The van der Waals surface area contributed by atoms with Crippen molar-refractivity contribution in [2.45, 2.75) is 26.4 Å². The van der Waals surface area contributed by atoms with E-state index in [9.17, 15) is 9.59 Å². The van der Waals surface area contributed by atoms with Crippen molar-refractivity contribution in [1.29, 1.82) is 0 Å². The summed E-state index contributed by atoms with van der Waals surface area (Å²) in [4.78, 5) is 36.7. The third-order valence-electron chi connectivity index (χ3n) is 3.89. The summed E-state index contributed by atoms with van der Waals surface area (Å²) in [6.07, 6.45) is 1.16. The second-order valence-electron chi connectivity index (χ2n) is 7.00. The Bertz CT molecular complexity index is 792. The van der Waals surface area contributed by atoms with Gasteiger partial charge in [0, 0.05) is 26.2 Å². The lowest BCUT2D eigenvalue weighted by molar-refractivity contribution is 0.0140. The van der Waals surface area contributed by atoms with Gasteiger partial charge in [-0.05, 0) is 32.9 Å². The number of amides is 2. The third kappa shape index (κ3) is 4.04. The summed E-state index contributed by atoms with van der Waals surface area (Å²) in [5, 5.41) is 0. The molecule has 7 nitrogen and oxygen atoms in total. The molecule has 0 radical (unpaired) electrons. The molecule has 1 aliphatic rings. The minimum absolute atomic E-state index is 0.165. The number of aromatic nitrogens is 2. The van der Waals surface area contributed by atoms with Gasteiger partial charge in [0.15, 0.2) is 0 Å². The molecule has 0 saturated carbocycles. The highest BCUT2D eigenvalue weighted by molar-refractivity contribution is 5.94. The first kappa shape index (κ1) is 17.1. The highest BCUT2D eigenvalue weighted by Crippen LogP contribution is 2.14. The summed E-state index contributed by atoms with van der Waals surface area (Å²) in [5.74, 6) is -0.165. The minimum Gasteiger partial charge on any atom is -0.444 e. The van der Waals surface area contributed by atoms with Gasteiger partial charge in [0.1, 0.15) is 11.3 Å². The molecule has 1 aromatic heterocycles. The number of para-hydroxylation sites is 2. The molecule has 0 bridgehead atoms. The molecule has 0 spiro atoms. The third-order valence-corrected chi connectivity index (χ3v) is 3.89. The molecule has 1 aliphatic heterocycles. The van der Waals surface area contributed by atoms with Gasteiger partial charge < -0.3 is 14.5 Å². The molecule has 132 valence electrons. The van der Waals surface area contributed by atoms with E-state index in [0.717, 1.165) is 5.52 Å². The first-order chi connectivity index (χ1) is 11.8. The summed E-state index contributed by atoms with van der Waals surface area (Å²) < 4.78 is 5.37. The van der Waals surface area contributed by atoms with Crippen molar-refractivity contribution in [3.8, 4) is 0 Å². The Labute approximate surface area is 146 Å². The fraction of sp³-hybridized carbons (Fsp3) is 0.444. The van der Waals surface area contributed by atoms with Crippen LogP contribution in [0.2, 0.25) is 0 Å². The molecular weight excluding hydrogens is 320 g/mol. The summed E-state index contributed by atoms with van der Waals surface area (Å²) >= 11 is 0. The van der Waals surface area contributed by atoms with Crippen LogP contribution in [0, 0.1) is 0 Å². The van der Waals surface area contributed by atoms with Crippen LogP contribution in [0.15, 0.2) is 30.5 Å². The van der Waals surface area contributed by atoms with Crippen LogP contribution in [0.4, 0.5) is 4.79 Å². The largest absolute Gasteiger partial charge is 0.444 e. The van der Waals surface area contributed by atoms with Crippen LogP contribution in [-0.2, 0) is 4.74 Å². The van der Waals surface area contributed by atoms with E-state index in [1.165, 1.54) is 6.20 Å². The second-order valence-corrected chi connectivity index (χ2v) is 7.00. The van der Waals surface area contributed by atoms with Crippen LogP contribution in [0.3, 0.4) is 0 Å². The van der Waals surface area contributed by atoms with E-state index < -0.39 is 5.60 Å². The highest BCUT2D eigenvalue weighted by Gasteiger charge is 2.28. The average Bonchev–Trinajstić information content (AvgIpc) is 2.59. The SMILES string of the molecule is CC(C)(C)OC(=O)N1CCN(C(=O)c2cnc3ccccc3n2)CC1. The van der Waals surface area contributed by atoms with Gasteiger partial charge in [-0.1, -0.05) is 12.1 Å². The van der Waals surface area contributed by atoms with Gasteiger partial charge in [0.05, 0.1) is 17.2 Å². The van der Waals surface area contributed by atoms with Crippen LogP contribution in [0.5, 0.6) is 0 Å². The molecule has 7 heteroatoms. The molecule has 2 aromatic rings. The number of hydrogen-bond donors (Lipinski definition) is 0. The van der Waals surface area contributed by atoms with Gasteiger partial charge in [0.2, 0.25) is 0 Å². The second kappa shape index (κ2) is 6.66. The molecule has 2 heterocycles. The zero-order valence-electron chi connectivity index (χ0n) is 14.7. The van der Waals surface area contributed by atoms with E-state index in [1.54, 1.807) is 9.80 Å². The molecule has 0 N–H and O–H groups in total. The molecule has 2 amide bonds. The van der Waals surface area contributed by atoms with E-state index in [2.05, 4.69) is 9.97 Å². The quantitative estimate of drug-likeness (QED) is 0.795. The minimum atomic E-state index is -0.523. The first-order valence-electron chi connectivity index (χ1n) is 8.32. The van der Waals surface area contributed by atoms with E-state index in [0.29, 0.717) is 37.4 Å². The Balaban J connectivity index is 1.63. The highest BCUT2D eigenvalue weighted by atomic mass is 16.6. The van der Waals surface area contributed by atoms with Gasteiger partial charge in [0.25, 0.3) is 5.91 Å². The molecule has 0 atom stereocenters. The van der Waals surface area contributed by atoms with E-state index in [-0.39, 0.29) is 12.0 Å². The maximum Gasteiger partial charge on any atom is 0.410 e. The predicted octanol–water partition coefficient (Wildman–Crippen LogP) is 2.32. The van der Waals surface area contributed by atoms with Crippen molar-refractivity contribution < 1.29 is 14.3 Å². The van der Waals surface area contributed by atoms with Crippen LogP contribution in [0.1, 0.15) is 31.3 Å². The lowest BCUT2D eigenvalue weighted by Crippen LogP contribution is -2.51. The number of ether oxygens (including phenoxy) is 1. The first-order valence-corrected chi connectivity index (χ1v) is 8.32. The number of carbonyl (C=O) groups excluding carboxylic acids is 2. The maximum atomic E-state index is 12.6. The normalized spacial score (nSPS) is 15.3. The van der Waals surface area contributed by atoms with E-state index in [4.69, 9.17) is 4.74 Å². The number of hydrogen-bond acceptors (Lipinski definition) is 5. The van der Waals surface area contributed by atoms with Gasteiger partial charge in [-0.3, -0.25) is 9.78 Å². The van der Waals surface area contributed by atoms with Crippen molar-refractivity contribution in [3.05, 3.63) is 36.2 Å².